The average Bonchev–Trinajstić information content (AvgIpc) is 2.91. The van der Waals surface area contributed by atoms with E-state index in [0.29, 0.717) is 0 Å². The SMILES string of the molecule is CC(=O)c1cc2[nH]c(Nc3c(F)cccc3Cl)nc2c([N+](=O)[O-])c1O. The molecule has 3 aromatic rings. The lowest BCUT2D eigenvalue weighted by molar-refractivity contribution is -0.384. The van der Waals surface area contributed by atoms with Gasteiger partial charge in [0.2, 0.25) is 11.7 Å². The summed E-state index contributed by atoms with van der Waals surface area (Å²) in [5, 5.41) is 23.9. The van der Waals surface area contributed by atoms with Crippen molar-refractivity contribution in [3.8, 4) is 5.75 Å². The zero-order chi connectivity index (χ0) is 18.3. The number of phenolic OH excluding ortho intramolecular Hbond substituents is 1. The number of phenols is 1. The van der Waals surface area contributed by atoms with Gasteiger partial charge < -0.3 is 15.4 Å². The number of para-hydroxylation sites is 1. The Labute approximate surface area is 144 Å². The van der Waals surface area contributed by atoms with Crippen molar-refractivity contribution in [2.45, 2.75) is 6.92 Å². The summed E-state index contributed by atoms with van der Waals surface area (Å²) in [4.78, 5) is 28.7. The van der Waals surface area contributed by atoms with Gasteiger partial charge in [-0.1, -0.05) is 17.7 Å². The summed E-state index contributed by atoms with van der Waals surface area (Å²) in [5.74, 6) is -2.00. The molecule has 0 spiro atoms. The summed E-state index contributed by atoms with van der Waals surface area (Å²) in [6.07, 6.45) is 0. The van der Waals surface area contributed by atoms with Crippen molar-refractivity contribution < 1.29 is 19.2 Å². The van der Waals surface area contributed by atoms with Crippen molar-refractivity contribution in [1.82, 2.24) is 9.97 Å². The number of Topliss-reactive ketones (excluding diaryl/α,β-unsaturated/α-hetero) is 1. The van der Waals surface area contributed by atoms with Gasteiger partial charge >= 0.3 is 5.69 Å². The maximum absolute atomic E-state index is 13.9. The first-order chi connectivity index (χ1) is 11.8. The van der Waals surface area contributed by atoms with Crippen LogP contribution in [0.4, 0.5) is 21.7 Å². The average molecular weight is 365 g/mol. The highest BCUT2D eigenvalue weighted by Gasteiger charge is 2.27. The molecule has 0 amide bonds. The summed E-state index contributed by atoms with van der Waals surface area (Å²) in [6.45, 7) is 1.17. The fourth-order valence-corrected chi connectivity index (χ4v) is 2.57. The monoisotopic (exact) mass is 364 g/mol. The molecule has 2 aromatic carbocycles. The number of aromatic nitrogens is 2. The van der Waals surface area contributed by atoms with Gasteiger partial charge in [0.15, 0.2) is 11.3 Å². The smallest absolute Gasteiger partial charge is 0.339 e. The first-order valence-corrected chi connectivity index (χ1v) is 7.29. The molecule has 10 heteroatoms. The molecular weight excluding hydrogens is 355 g/mol. The number of carbonyl (C=O) groups excluding carboxylic acids is 1. The van der Waals surface area contributed by atoms with E-state index in [-0.39, 0.29) is 33.3 Å². The Morgan fingerprint density at radius 3 is 2.80 bits per heavy atom. The van der Waals surface area contributed by atoms with Crippen molar-refractivity contribution in [3.05, 3.63) is 50.8 Å². The summed E-state index contributed by atoms with van der Waals surface area (Å²) in [7, 11) is 0. The van der Waals surface area contributed by atoms with Gasteiger partial charge in [-0.2, -0.15) is 0 Å². The maximum atomic E-state index is 13.9. The second kappa shape index (κ2) is 6.02. The van der Waals surface area contributed by atoms with E-state index in [9.17, 15) is 24.4 Å². The van der Waals surface area contributed by atoms with Crippen LogP contribution in [0.2, 0.25) is 5.02 Å². The summed E-state index contributed by atoms with van der Waals surface area (Å²) < 4.78 is 13.9. The van der Waals surface area contributed by atoms with E-state index in [2.05, 4.69) is 15.3 Å². The third-order valence-electron chi connectivity index (χ3n) is 3.49. The summed E-state index contributed by atoms with van der Waals surface area (Å²) in [6, 6.07) is 5.29. The molecule has 0 aliphatic rings. The number of fused-ring (bicyclic) bond motifs is 1. The normalized spacial score (nSPS) is 10.8. The van der Waals surface area contributed by atoms with Gasteiger partial charge in [0.05, 0.1) is 26.7 Å². The number of nitrogens with one attached hydrogen (secondary N) is 2. The lowest BCUT2D eigenvalue weighted by Crippen LogP contribution is -1.98. The van der Waals surface area contributed by atoms with E-state index in [1.807, 2.05) is 0 Å². The quantitative estimate of drug-likeness (QED) is 0.366. The van der Waals surface area contributed by atoms with E-state index >= 15 is 0 Å². The first-order valence-electron chi connectivity index (χ1n) is 6.91. The fourth-order valence-electron chi connectivity index (χ4n) is 2.36. The lowest BCUT2D eigenvalue weighted by Gasteiger charge is -2.05. The summed E-state index contributed by atoms with van der Waals surface area (Å²) in [5.41, 5.74) is -1.06. The van der Waals surface area contributed by atoms with Crippen LogP contribution in [0.1, 0.15) is 17.3 Å². The van der Waals surface area contributed by atoms with Gasteiger partial charge in [0.1, 0.15) is 5.82 Å². The second-order valence-electron chi connectivity index (χ2n) is 5.14. The molecule has 0 fully saturated rings. The van der Waals surface area contributed by atoms with Crippen LogP contribution in [0.5, 0.6) is 5.75 Å². The lowest BCUT2D eigenvalue weighted by atomic mass is 10.1. The molecule has 0 bridgehead atoms. The van der Waals surface area contributed by atoms with Gasteiger partial charge in [-0.3, -0.25) is 14.9 Å². The highest BCUT2D eigenvalue weighted by Crippen LogP contribution is 2.38. The maximum Gasteiger partial charge on any atom is 0.339 e. The van der Waals surface area contributed by atoms with E-state index in [0.717, 1.165) is 0 Å². The molecule has 0 saturated heterocycles. The number of halogens is 2. The van der Waals surface area contributed by atoms with Crippen LogP contribution in [0.15, 0.2) is 24.3 Å². The number of benzene rings is 2. The Morgan fingerprint density at radius 1 is 1.48 bits per heavy atom. The van der Waals surface area contributed by atoms with E-state index in [1.54, 1.807) is 0 Å². The largest absolute Gasteiger partial charge is 0.502 e. The number of hydrogen-bond donors (Lipinski definition) is 3. The summed E-state index contributed by atoms with van der Waals surface area (Å²) >= 11 is 5.91. The number of anilines is 2. The molecule has 0 aliphatic heterocycles. The Morgan fingerprint density at radius 2 is 2.20 bits per heavy atom. The number of rotatable bonds is 4. The predicted octanol–water partition coefficient (Wildman–Crippen LogP) is 3.92. The molecule has 1 heterocycles. The van der Waals surface area contributed by atoms with Gasteiger partial charge in [0.25, 0.3) is 0 Å². The molecule has 0 unspecified atom stereocenters. The molecule has 3 rings (SSSR count). The Kier molecular flexibility index (Phi) is 4.01. The van der Waals surface area contributed by atoms with Crippen LogP contribution < -0.4 is 5.32 Å². The molecular formula is C15H10ClFN4O4. The number of hydrogen-bond acceptors (Lipinski definition) is 6. The highest BCUT2D eigenvalue weighted by molar-refractivity contribution is 6.33. The van der Waals surface area contributed by atoms with Gasteiger partial charge in [-0.15, -0.1) is 0 Å². The molecule has 8 nitrogen and oxygen atoms in total. The van der Waals surface area contributed by atoms with Gasteiger partial charge in [-0.25, -0.2) is 9.37 Å². The molecule has 0 saturated carbocycles. The number of aromatic hydroxyl groups is 1. The van der Waals surface area contributed by atoms with E-state index < -0.39 is 28.0 Å². The molecule has 0 aliphatic carbocycles. The van der Waals surface area contributed by atoms with Crippen LogP contribution >= 0.6 is 11.6 Å². The van der Waals surface area contributed by atoms with Crippen molar-refractivity contribution in [2.24, 2.45) is 0 Å². The number of H-pyrrole nitrogens is 1. The van der Waals surface area contributed by atoms with Crippen LogP contribution in [0.3, 0.4) is 0 Å². The Hall–Kier alpha value is -3.20. The van der Waals surface area contributed by atoms with Crippen molar-refractivity contribution >= 4 is 45.7 Å². The molecule has 3 N–H and O–H groups in total. The molecule has 0 atom stereocenters. The van der Waals surface area contributed by atoms with Crippen LogP contribution in [0.25, 0.3) is 11.0 Å². The third kappa shape index (κ3) is 2.85. The Balaban J connectivity index is 2.19. The zero-order valence-electron chi connectivity index (χ0n) is 12.6. The second-order valence-corrected chi connectivity index (χ2v) is 5.55. The van der Waals surface area contributed by atoms with Gasteiger partial charge in [-0.05, 0) is 25.1 Å². The minimum Gasteiger partial charge on any atom is -0.502 e. The number of aromatic amines is 1. The molecule has 1 aromatic heterocycles. The zero-order valence-corrected chi connectivity index (χ0v) is 13.4. The van der Waals surface area contributed by atoms with Crippen molar-refractivity contribution in [3.63, 3.8) is 0 Å². The number of nitrogens with zero attached hydrogens (tertiary/aromatic N) is 2. The van der Waals surface area contributed by atoms with Crippen LogP contribution in [-0.2, 0) is 0 Å². The fraction of sp³-hybridized carbons (Fsp3) is 0.0667. The highest BCUT2D eigenvalue weighted by atomic mass is 35.5. The van der Waals surface area contributed by atoms with Gasteiger partial charge in [0, 0.05) is 0 Å². The number of nitro groups is 1. The molecule has 0 radical (unpaired) electrons. The standard InChI is InChI=1S/C15H10ClFN4O4/c1-6(22)7-5-10-12(13(14(7)23)21(24)25)20-15(18-10)19-11-8(16)3-2-4-9(11)17/h2-5,23H,1H3,(H2,18,19,20). The predicted molar refractivity (Wildman–Crippen MR) is 89.1 cm³/mol. The van der Waals surface area contributed by atoms with Crippen molar-refractivity contribution in [2.75, 3.05) is 5.32 Å². The number of ketones is 1. The van der Waals surface area contributed by atoms with E-state index in [4.69, 9.17) is 11.6 Å². The van der Waals surface area contributed by atoms with Crippen LogP contribution in [-0.4, -0.2) is 25.8 Å². The minimum atomic E-state index is -0.842. The Bertz CT molecular complexity index is 1010. The number of carbonyl (C=O) groups is 1. The number of imidazole rings is 1. The number of nitro benzene ring substituents is 1. The first kappa shape index (κ1) is 16.7. The van der Waals surface area contributed by atoms with Crippen molar-refractivity contribution in [1.29, 1.82) is 0 Å². The van der Waals surface area contributed by atoms with E-state index in [1.165, 1.54) is 31.2 Å². The molecule has 128 valence electrons. The topological polar surface area (TPSA) is 121 Å². The van der Waals surface area contributed by atoms with Crippen LogP contribution in [0, 0.1) is 15.9 Å². The third-order valence-corrected chi connectivity index (χ3v) is 3.81. The molecule has 25 heavy (non-hydrogen) atoms. The minimum absolute atomic E-state index is 0.0368.